The monoisotopic (exact) mass is 492 g/mol. The van der Waals surface area contributed by atoms with Gasteiger partial charge in [-0.3, -0.25) is 14.5 Å². The van der Waals surface area contributed by atoms with Gasteiger partial charge in [-0.2, -0.15) is 0 Å². The summed E-state index contributed by atoms with van der Waals surface area (Å²) in [6, 6.07) is 13.9. The van der Waals surface area contributed by atoms with Gasteiger partial charge in [-0.05, 0) is 30.2 Å². The Labute approximate surface area is 211 Å². The van der Waals surface area contributed by atoms with E-state index in [1.807, 2.05) is 30.3 Å². The fourth-order valence-electron chi connectivity index (χ4n) is 4.62. The number of methoxy groups -OCH3 is 2. The van der Waals surface area contributed by atoms with E-state index < -0.39 is 23.5 Å². The zero-order valence-corrected chi connectivity index (χ0v) is 20.7. The predicted octanol–water partition coefficient (Wildman–Crippen LogP) is 3.40. The lowest BCUT2D eigenvalue weighted by molar-refractivity contribution is -0.129. The summed E-state index contributed by atoms with van der Waals surface area (Å²) >= 11 is 0. The Morgan fingerprint density at radius 2 is 1.83 bits per heavy atom. The number of morpholine rings is 1. The van der Waals surface area contributed by atoms with Crippen molar-refractivity contribution in [3.8, 4) is 11.5 Å². The van der Waals surface area contributed by atoms with Crippen molar-refractivity contribution in [1.82, 2.24) is 9.80 Å². The van der Waals surface area contributed by atoms with Crippen molar-refractivity contribution in [3.05, 3.63) is 77.1 Å². The van der Waals surface area contributed by atoms with Crippen LogP contribution in [0.3, 0.4) is 0 Å². The van der Waals surface area contributed by atoms with Crippen LogP contribution in [-0.4, -0.2) is 80.2 Å². The van der Waals surface area contributed by atoms with Crippen molar-refractivity contribution < 1.29 is 28.9 Å². The maximum atomic E-state index is 13.4. The SMILES string of the molecule is COc1ccc([C@H]2C(C(=O)/C=C/c3ccccc3)=C(O)C(=O)N2CCCN2CCOCC2)c(OC)c1. The highest BCUT2D eigenvalue weighted by Crippen LogP contribution is 2.42. The minimum atomic E-state index is -0.782. The highest BCUT2D eigenvalue weighted by Gasteiger charge is 2.43. The normalized spacial score (nSPS) is 18.8. The smallest absolute Gasteiger partial charge is 0.290 e. The standard InChI is InChI=1S/C28H32N2O6/c1-34-21-10-11-22(24(19-21)35-2)26-25(23(31)12-9-20-7-4-3-5-8-20)27(32)28(33)30(26)14-6-13-29-15-17-36-18-16-29/h3-5,7-12,19,26,32H,6,13-18H2,1-2H3/b12-9+/t26-/m0/s1. The average molecular weight is 493 g/mol. The largest absolute Gasteiger partial charge is 0.503 e. The van der Waals surface area contributed by atoms with Crippen LogP contribution in [0.2, 0.25) is 0 Å². The van der Waals surface area contributed by atoms with Gasteiger partial charge in [0.25, 0.3) is 5.91 Å². The highest BCUT2D eigenvalue weighted by molar-refractivity contribution is 6.14. The molecule has 0 spiro atoms. The van der Waals surface area contributed by atoms with Crippen molar-refractivity contribution in [2.24, 2.45) is 0 Å². The quantitative estimate of drug-likeness (QED) is 0.509. The Bertz CT molecular complexity index is 1140. The third-order valence-electron chi connectivity index (χ3n) is 6.51. The van der Waals surface area contributed by atoms with Gasteiger partial charge in [0.1, 0.15) is 11.5 Å². The summed E-state index contributed by atoms with van der Waals surface area (Å²) in [5.74, 6) is -0.451. The Hall–Kier alpha value is -3.62. The minimum Gasteiger partial charge on any atom is -0.503 e. The Kier molecular flexibility index (Phi) is 8.40. The molecule has 1 N–H and O–H groups in total. The molecule has 8 heteroatoms. The van der Waals surface area contributed by atoms with Crippen LogP contribution in [0.25, 0.3) is 6.08 Å². The molecule has 2 aromatic carbocycles. The number of rotatable bonds is 10. The van der Waals surface area contributed by atoms with Gasteiger partial charge in [-0.25, -0.2) is 0 Å². The summed E-state index contributed by atoms with van der Waals surface area (Å²) in [5, 5.41) is 10.9. The molecule has 2 aliphatic heterocycles. The molecule has 190 valence electrons. The second kappa shape index (κ2) is 11.9. The fraction of sp³-hybridized carbons (Fsp3) is 0.357. The van der Waals surface area contributed by atoms with Crippen molar-refractivity contribution in [3.63, 3.8) is 0 Å². The molecule has 2 aliphatic rings. The number of allylic oxidation sites excluding steroid dienone is 1. The molecule has 0 unspecified atom stereocenters. The molecular formula is C28H32N2O6. The first-order valence-corrected chi connectivity index (χ1v) is 12.1. The van der Waals surface area contributed by atoms with E-state index in [0.29, 0.717) is 43.2 Å². The minimum absolute atomic E-state index is 0.0435. The number of hydrogen-bond acceptors (Lipinski definition) is 7. The molecule has 1 atom stereocenters. The van der Waals surface area contributed by atoms with Crippen molar-refractivity contribution in [2.45, 2.75) is 12.5 Å². The van der Waals surface area contributed by atoms with Gasteiger partial charge >= 0.3 is 0 Å². The van der Waals surface area contributed by atoms with E-state index in [-0.39, 0.29) is 5.57 Å². The van der Waals surface area contributed by atoms with E-state index >= 15 is 0 Å². The van der Waals surface area contributed by atoms with Crippen LogP contribution in [0.4, 0.5) is 0 Å². The Morgan fingerprint density at radius 3 is 2.53 bits per heavy atom. The first-order valence-electron chi connectivity index (χ1n) is 12.1. The average Bonchev–Trinajstić information content (AvgIpc) is 3.17. The van der Waals surface area contributed by atoms with Gasteiger partial charge in [-0.1, -0.05) is 36.4 Å². The molecule has 1 fully saturated rings. The number of ketones is 1. The predicted molar refractivity (Wildman–Crippen MR) is 136 cm³/mol. The topological polar surface area (TPSA) is 88.5 Å². The molecule has 0 aromatic heterocycles. The van der Waals surface area contributed by atoms with Crippen LogP contribution in [0, 0.1) is 0 Å². The zero-order chi connectivity index (χ0) is 25.5. The summed E-state index contributed by atoms with van der Waals surface area (Å²) in [5.41, 5.74) is 1.50. The Balaban J connectivity index is 1.64. The molecule has 0 bridgehead atoms. The van der Waals surface area contributed by atoms with Gasteiger partial charge in [-0.15, -0.1) is 0 Å². The van der Waals surface area contributed by atoms with Crippen LogP contribution in [0.15, 0.2) is 65.9 Å². The molecule has 1 amide bonds. The zero-order valence-electron chi connectivity index (χ0n) is 20.7. The highest BCUT2D eigenvalue weighted by atomic mass is 16.5. The number of aliphatic hydroxyl groups is 1. The number of benzene rings is 2. The number of hydrogen-bond donors (Lipinski definition) is 1. The molecule has 8 nitrogen and oxygen atoms in total. The first kappa shape index (κ1) is 25.5. The lowest BCUT2D eigenvalue weighted by atomic mass is 9.94. The second-order valence-corrected chi connectivity index (χ2v) is 8.69. The van der Waals surface area contributed by atoms with E-state index in [0.717, 1.165) is 25.2 Å². The lowest BCUT2D eigenvalue weighted by Gasteiger charge is -2.30. The summed E-state index contributed by atoms with van der Waals surface area (Å²) in [4.78, 5) is 30.4. The number of amides is 1. The van der Waals surface area contributed by atoms with E-state index in [1.165, 1.54) is 13.2 Å². The fourth-order valence-corrected chi connectivity index (χ4v) is 4.62. The molecule has 2 aromatic rings. The van der Waals surface area contributed by atoms with E-state index in [2.05, 4.69) is 4.90 Å². The number of carbonyl (C=O) groups is 2. The van der Waals surface area contributed by atoms with Crippen LogP contribution >= 0.6 is 0 Å². The van der Waals surface area contributed by atoms with Gasteiger partial charge < -0.3 is 24.2 Å². The number of ether oxygens (including phenoxy) is 3. The second-order valence-electron chi connectivity index (χ2n) is 8.69. The number of nitrogens with zero attached hydrogens (tertiary/aromatic N) is 2. The van der Waals surface area contributed by atoms with Gasteiger partial charge in [0.05, 0.1) is 39.0 Å². The number of aliphatic hydroxyl groups excluding tert-OH is 1. The van der Waals surface area contributed by atoms with Crippen LogP contribution in [0.1, 0.15) is 23.6 Å². The maximum Gasteiger partial charge on any atom is 0.290 e. The molecule has 36 heavy (non-hydrogen) atoms. The molecule has 0 saturated carbocycles. The molecular weight excluding hydrogens is 460 g/mol. The summed E-state index contributed by atoms with van der Waals surface area (Å²) in [6.07, 6.45) is 3.76. The lowest BCUT2D eigenvalue weighted by Crippen LogP contribution is -2.39. The molecule has 0 radical (unpaired) electrons. The van der Waals surface area contributed by atoms with E-state index in [4.69, 9.17) is 14.2 Å². The van der Waals surface area contributed by atoms with Gasteiger partial charge in [0.15, 0.2) is 11.5 Å². The summed E-state index contributed by atoms with van der Waals surface area (Å²) in [7, 11) is 3.08. The van der Waals surface area contributed by atoms with Crippen LogP contribution in [-0.2, 0) is 14.3 Å². The third kappa shape index (κ3) is 5.61. The number of carbonyl (C=O) groups excluding carboxylic acids is 2. The Morgan fingerprint density at radius 1 is 1.08 bits per heavy atom. The van der Waals surface area contributed by atoms with E-state index in [9.17, 15) is 14.7 Å². The first-order chi connectivity index (χ1) is 17.5. The molecule has 0 aliphatic carbocycles. The third-order valence-corrected chi connectivity index (χ3v) is 6.51. The summed E-state index contributed by atoms with van der Waals surface area (Å²) in [6.45, 7) is 4.26. The molecule has 4 rings (SSSR count). The molecule has 1 saturated heterocycles. The van der Waals surface area contributed by atoms with Crippen molar-refractivity contribution in [1.29, 1.82) is 0 Å². The van der Waals surface area contributed by atoms with E-state index in [1.54, 1.807) is 36.3 Å². The van der Waals surface area contributed by atoms with Crippen LogP contribution in [0.5, 0.6) is 11.5 Å². The van der Waals surface area contributed by atoms with Gasteiger partial charge in [0, 0.05) is 37.8 Å². The maximum absolute atomic E-state index is 13.4. The van der Waals surface area contributed by atoms with Gasteiger partial charge in [0.2, 0.25) is 0 Å². The summed E-state index contributed by atoms with van der Waals surface area (Å²) < 4.78 is 16.3. The van der Waals surface area contributed by atoms with Crippen molar-refractivity contribution in [2.75, 3.05) is 53.6 Å². The van der Waals surface area contributed by atoms with Crippen LogP contribution < -0.4 is 9.47 Å². The molecule has 2 heterocycles. The van der Waals surface area contributed by atoms with Crippen molar-refractivity contribution >= 4 is 17.8 Å².